The molecule has 0 aliphatic rings. The molecule has 2 atom stereocenters. The number of anilines is 1. The van der Waals surface area contributed by atoms with Crippen LogP contribution in [-0.2, 0) is 14.8 Å². The van der Waals surface area contributed by atoms with Crippen molar-refractivity contribution in [2.24, 2.45) is 0 Å². The summed E-state index contributed by atoms with van der Waals surface area (Å²) in [5, 5.41) is 5.86. The Labute approximate surface area is 148 Å². The summed E-state index contributed by atoms with van der Waals surface area (Å²) in [4.78, 5) is 12.5. The molecule has 1 aromatic heterocycles. The number of hydrogen-bond donors (Lipinski definition) is 2. The van der Waals surface area contributed by atoms with Crippen molar-refractivity contribution < 1.29 is 17.6 Å². The number of rotatable bonds is 7. The van der Waals surface area contributed by atoms with Gasteiger partial charge in [0.05, 0.1) is 23.2 Å². The van der Waals surface area contributed by atoms with Gasteiger partial charge in [-0.05, 0) is 44.2 Å². The molecular weight excluding hydrogens is 342 g/mol. The third-order valence-electron chi connectivity index (χ3n) is 3.74. The Morgan fingerprint density at radius 2 is 1.88 bits per heavy atom. The standard InChI is InChI=1S/C17H23N3O4S/c1-12(16-9-6-10-24-16)18-13(2)17(21)19-14-7-5-8-15(11-14)25(22,23)20(3)4/h5-13,18H,1-4H3,(H,19,21)/t12-,13-/m0/s1. The van der Waals surface area contributed by atoms with E-state index in [0.717, 1.165) is 10.1 Å². The highest BCUT2D eigenvalue weighted by atomic mass is 32.2. The molecule has 1 amide bonds. The van der Waals surface area contributed by atoms with E-state index in [4.69, 9.17) is 4.42 Å². The molecule has 2 rings (SSSR count). The topological polar surface area (TPSA) is 91.6 Å². The third-order valence-corrected chi connectivity index (χ3v) is 5.55. The lowest BCUT2D eigenvalue weighted by atomic mass is 10.2. The van der Waals surface area contributed by atoms with E-state index in [1.165, 1.54) is 26.2 Å². The minimum atomic E-state index is -3.55. The molecule has 25 heavy (non-hydrogen) atoms. The number of nitrogens with zero attached hydrogens (tertiary/aromatic N) is 1. The third kappa shape index (κ3) is 4.68. The summed E-state index contributed by atoms with van der Waals surface area (Å²) in [6.45, 7) is 3.63. The van der Waals surface area contributed by atoms with Crippen LogP contribution in [0, 0.1) is 0 Å². The normalized spacial score (nSPS) is 14.3. The maximum atomic E-state index is 12.3. The average Bonchev–Trinajstić information content (AvgIpc) is 3.09. The Hall–Kier alpha value is -2.16. The van der Waals surface area contributed by atoms with Crippen LogP contribution in [0.25, 0.3) is 0 Å². The molecule has 0 bridgehead atoms. The van der Waals surface area contributed by atoms with Crippen LogP contribution in [0.2, 0.25) is 0 Å². The van der Waals surface area contributed by atoms with Crippen molar-refractivity contribution in [3.05, 3.63) is 48.4 Å². The van der Waals surface area contributed by atoms with Gasteiger partial charge in [0.2, 0.25) is 15.9 Å². The average molecular weight is 365 g/mol. The van der Waals surface area contributed by atoms with E-state index >= 15 is 0 Å². The fraction of sp³-hybridized carbons (Fsp3) is 0.353. The Morgan fingerprint density at radius 1 is 1.16 bits per heavy atom. The quantitative estimate of drug-likeness (QED) is 0.785. The lowest BCUT2D eigenvalue weighted by Crippen LogP contribution is -2.39. The van der Waals surface area contributed by atoms with Crippen LogP contribution in [0.15, 0.2) is 52.0 Å². The van der Waals surface area contributed by atoms with Gasteiger partial charge in [0.1, 0.15) is 5.76 Å². The number of sulfonamides is 1. The molecular formula is C17H23N3O4S. The zero-order valence-corrected chi connectivity index (χ0v) is 15.5. The highest BCUT2D eigenvalue weighted by Crippen LogP contribution is 2.18. The summed E-state index contributed by atoms with van der Waals surface area (Å²) in [6, 6.07) is 9.17. The maximum absolute atomic E-state index is 12.3. The lowest BCUT2D eigenvalue weighted by Gasteiger charge is -2.18. The van der Waals surface area contributed by atoms with E-state index < -0.39 is 16.1 Å². The summed E-state index contributed by atoms with van der Waals surface area (Å²) in [6.07, 6.45) is 1.58. The number of hydrogen-bond acceptors (Lipinski definition) is 5. The minimum absolute atomic E-state index is 0.125. The number of amides is 1. The van der Waals surface area contributed by atoms with E-state index in [2.05, 4.69) is 10.6 Å². The Morgan fingerprint density at radius 3 is 2.48 bits per heavy atom. The molecule has 0 spiro atoms. The minimum Gasteiger partial charge on any atom is -0.468 e. The Balaban J connectivity index is 2.05. The molecule has 0 radical (unpaired) electrons. The fourth-order valence-electron chi connectivity index (χ4n) is 2.27. The smallest absolute Gasteiger partial charge is 0.242 e. The van der Waals surface area contributed by atoms with Crippen molar-refractivity contribution >= 4 is 21.6 Å². The molecule has 0 unspecified atom stereocenters. The molecule has 2 N–H and O–H groups in total. The second-order valence-corrected chi connectivity index (χ2v) is 8.08. The molecule has 2 aromatic rings. The molecule has 0 fully saturated rings. The lowest BCUT2D eigenvalue weighted by molar-refractivity contribution is -0.118. The van der Waals surface area contributed by atoms with Gasteiger partial charge in [-0.1, -0.05) is 6.07 Å². The first kappa shape index (κ1) is 19.2. The first-order valence-electron chi connectivity index (χ1n) is 7.84. The first-order chi connectivity index (χ1) is 11.7. The van der Waals surface area contributed by atoms with Crippen molar-refractivity contribution in [3.8, 4) is 0 Å². The first-order valence-corrected chi connectivity index (χ1v) is 9.28. The van der Waals surface area contributed by atoms with Gasteiger partial charge < -0.3 is 9.73 Å². The molecule has 0 aliphatic heterocycles. The van der Waals surface area contributed by atoms with Gasteiger partial charge in [-0.3, -0.25) is 10.1 Å². The number of benzene rings is 1. The summed E-state index contributed by atoms with van der Waals surface area (Å²) in [5.74, 6) is 0.469. The highest BCUT2D eigenvalue weighted by molar-refractivity contribution is 7.89. The van der Waals surface area contributed by atoms with E-state index in [1.807, 2.05) is 13.0 Å². The van der Waals surface area contributed by atoms with Gasteiger partial charge >= 0.3 is 0 Å². The van der Waals surface area contributed by atoms with E-state index in [1.54, 1.807) is 31.4 Å². The van der Waals surface area contributed by atoms with Crippen molar-refractivity contribution in [2.45, 2.75) is 30.8 Å². The van der Waals surface area contributed by atoms with Crippen LogP contribution in [0.1, 0.15) is 25.6 Å². The van der Waals surface area contributed by atoms with Crippen molar-refractivity contribution in [1.82, 2.24) is 9.62 Å². The summed E-state index contributed by atoms with van der Waals surface area (Å²) in [7, 11) is -0.628. The predicted molar refractivity (Wildman–Crippen MR) is 95.7 cm³/mol. The number of nitrogens with one attached hydrogen (secondary N) is 2. The van der Waals surface area contributed by atoms with Crippen LogP contribution >= 0.6 is 0 Å². The van der Waals surface area contributed by atoms with Gasteiger partial charge in [0.25, 0.3) is 0 Å². The highest BCUT2D eigenvalue weighted by Gasteiger charge is 2.20. The molecule has 0 saturated heterocycles. The number of furan rings is 1. The molecule has 0 saturated carbocycles. The number of carbonyl (C=O) groups is 1. The van der Waals surface area contributed by atoms with Gasteiger partial charge in [0, 0.05) is 19.8 Å². The van der Waals surface area contributed by atoms with Gasteiger partial charge in [-0.15, -0.1) is 0 Å². The van der Waals surface area contributed by atoms with Gasteiger partial charge in [0.15, 0.2) is 0 Å². The number of carbonyl (C=O) groups excluding carboxylic acids is 1. The van der Waals surface area contributed by atoms with E-state index in [0.29, 0.717) is 5.69 Å². The van der Waals surface area contributed by atoms with E-state index in [-0.39, 0.29) is 16.8 Å². The summed E-state index contributed by atoms with van der Waals surface area (Å²) >= 11 is 0. The monoisotopic (exact) mass is 365 g/mol. The van der Waals surface area contributed by atoms with Gasteiger partial charge in [-0.25, -0.2) is 12.7 Å². The van der Waals surface area contributed by atoms with Crippen LogP contribution < -0.4 is 10.6 Å². The van der Waals surface area contributed by atoms with Crippen LogP contribution in [-0.4, -0.2) is 38.8 Å². The van der Waals surface area contributed by atoms with Crippen LogP contribution in [0.5, 0.6) is 0 Å². The maximum Gasteiger partial charge on any atom is 0.242 e. The molecule has 8 heteroatoms. The van der Waals surface area contributed by atoms with E-state index in [9.17, 15) is 13.2 Å². The summed E-state index contributed by atoms with van der Waals surface area (Å²) in [5.41, 5.74) is 0.423. The summed E-state index contributed by atoms with van der Waals surface area (Å²) < 4.78 is 30.8. The molecule has 1 aromatic carbocycles. The second kappa shape index (κ2) is 7.81. The Kier molecular flexibility index (Phi) is 5.99. The second-order valence-electron chi connectivity index (χ2n) is 5.93. The van der Waals surface area contributed by atoms with Crippen molar-refractivity contribution in [1.29, 1.82) is 0 Å². The SMILES string of the molecule is C[C@H](N[C@@H](C)c1ccco1)C(=O)Nc1cccc(S(=O)(=O)N(C)C)c1. The molecule has 136 valence electrons. The predicted octanol–water partition coefficient (Wildman–Crippen LogP) is 2.21. The zero-order chi connectivity index (χ0) is 18.6. The Bertz CT molecular complexity index is 816. The van der Waals surface area contributed by atoms with Crippen LogP contribution in [0.4, 0.5) is 5.69 Å². The fourth-order valence-corrected chi connectivity index (χ4v) is 3.21. The van der Waals surface area contributed by atoms with Crippen molar-refractivity contribution in [3.63, 3.8) is 0 Å². The molecule has 0 aliphatic carbocycles. The van der Waals surface area contributed by atoms with Gasteiger partial charge in [-0.2, -0.15) is 0 Å². The van der Waals surface area contributed by atoms with Crippen molar-refractivity contribution in [2.75, 3.05) is 19.4 Å². The molecule has 1 heterocycles. The zero-order valence-electron chi connectivity index (χ0n) is 14.7. The van der Waals surface area contributed by atoms with Crippen LogP contribution in [0.3, 0.4) is 0 Å². The molecule has 7 nitrogen and oxygen atoms in total. The largest absolute Gasteiger partial charge is 0.468 e.